The van der Waals surface area contributed by atoms with Gasteiger partial charge in [-0.25, -0.2) is 4.39 Å². The van der Waals surface area contributed by atoms with Crippen molar-refractivity contribution in [2.24, 2.45) is 0 Å². The van der Waals surface area contributed by atoms with E-state index in [1.54, 1.807) is 12.1 Å². The van der Waals surface area contributed by atoms with E-state index in [0.717, 1.165) is 60.6 Å². The van der Waals surface area contributed by atoms with Gasteiger partial charge in [0, 0.05) is 44.2 Å². The number of hydrogen-bond donors (Lipinski definition) is 0. The summed E-state index contributed by atoms with van der Waals surface area (Å²) >= 11 is 0. The quantitative estimate of drug-likeness (QED) is 0.808. The van der Waals surface area contributed by atoms with Crippen molar-refractivity contribution in [3.8, 4) is 0 Å². The van der Waals surface area contributed by atoms with Crippen LogP contribution in [0.3, 0.4) is 0 Å². The summed E-state index contributed by atoms with van der Waals surface area (Å²) in [5.74, 6) is 1.57. The normalized spacial score (nSPS) is 20.6. The predicted molar refractivity (Wildman–Crippen MR) is 102 cm³/mol. The van der Waals surface area contributed by atoms with Gasteiger partial charge in [0.25, 0.3) is 5.91 Å². The topological polar surface area (TPSA) is 36.7 Å². The lowest BCUT2D eigenvalue weighted by Gasteiger charge is -2.34. The fraction of sp³-hybridized carbons (Fsp3) is 0.500. The maximum atomic E-state index is 13.5. The number of hydrogen-bond acceptors (Lipinski definition) is 3. The molecule has 1 amide bonds. The summed E-state index contributed by atoms with van der Waals surface area (Å²) in [6.45, 7) is 7.06. The predicted octanol–water partition coefficient (Wildman–Crippen LogP) is 4.30. The summed E-state index contributed by atoms with van der Waals surface area (Å²) in [6.07, 6.45) is 4.11. The molecule has 1 aromatic carbocycles. The first-order valence-electron chi connectivity index (χ1n) is 9.92. The zero-order chi connectivity index (χ0) is 19.0. The molecule has 5 heteroatoms. The van der Waals surface area contributed by atoms with Crippen LogP contribution >= 0.6 is 0 Å². The summed E-state index contributed by atoms with van der Waals surface area (Å²) in [4.78, 5) is 17.5. The van der Waals surface area contributed by atoms with E-state index in [1.807, 2.05) is 17.9 Å². The number of carbonyl (C=O) groups excluding carboxylic acids is 1. The van der Waals surface area contributed by atoms with Gasteiger partial charge in [-0.1, -0.05) is 12.1 Å². The van der Waals surface area contributed by atoms with E-state index in [9.17, 15) is 9.18 Å². The van der Waals surface area contributed by atoms with Crippen LogP contribution in [0.5, 0.6) is 0 Å². The van der Waals surface area contributed by atoms with Crippen molar-refractivity contribution in [2.45, 2.75) is 58.7 Å². The van der Waals surface area contributed by atoms with Gasteiger partial charge in [0.15, 0.2) is 0 Å². The van der Waals surface area contributed by atoms with Gasteiger partial charge in [0.2, 0.25) is 0 Å². The second kappa shape index (κ2) is 7.47. The molecule has 4 nitrogen and oxygen atoms in total. The molecule has 0 N–H and O–H groups in total. The standard InChI is InChI=1S/C22H27FN2O2/c1-15-6-3-4-10-25(15)22(26)21-16(2)27-20-9-11-24(14-19(20)21)13-17-7-5-8-18(23)12-17/h5,7-8,12,15H,3-4,6,9-11,13-14H2,1-2H3/t15-/m1/s1. The molecule has 0 bridgehead atoms. The van der Waals surface area contributed by atoms with Crippen LogP contribution in [0.4, 0.5) is 4.39 Å². The molecule has 27 heavy (non-hydrogen) atoms. The Hall–Kier alpha value is -2.14. The Kier molecular flexibility index (Phi) is 5.04. The maximum absolute atomic E-state index is 13.5. The minimum absolute atomic E-state index is 0.109. The number of fused-ring (bicyclic) bond motifs is 1. The molecule has 144 valence electrons. The molecular weight excluding hydrogens is 343 g/mol. The van der Waals surface area contributed by atoms with Gasteiger partial charge in [-0.2, -0.15) is 0 Å². The van der Waals surface area contributed by atoms with Crippen LogP contribution in [-0.2, 0) is 19.5 Å². The van der Waals surface area contributed by atoms with Crippen LogP contribution in [-0.4, -0.2) is 34.8 Å². The van der Waals surface area contributed by atoms with Crippen molar-refractivity contribution in [1.82, 2.24) is 9.80 Å². The lowest BCUT2D eigenvalue weighted by atomic mass is 9.98. The summed E-state index contributed by atoms with van der Waals surface area (Å²) in [5, 5.41) is 0. The molecule has 2 aliphatic heterocycles. The average Bonchev–Trinajstić information content (AvgIpc) is 2.97. The van der Waals surface area contributed by atoms with Crippen LogP contribution < -0.4 is 0 Å². The van der Waals surface area contributed by atoms with E-state index in [1.165, 1.54) is 12.5 Å². The number of benzene rings is 1. The Morgan fingerprint density at radius 1 is 1.30 bits per heavy atom. The molecule has 2 aliphatic rings. The van der Waals surface area contributed by atoms with Gasteiger partial charge in [0.05, 0.1) is 5.56 Å². The van der Waals surface area contributed by atoms with E-state index < -0.39 is 0 Å². The van der Waals surface area contributed by atoms with Gasteiger partial charge >= 0.3 is 0 Å². The first kappa shape index (κ1) is 18.2. The minimum atomic E-state index is -0.209. The molecule has 0 saturated carbocycles. The van der Waals surface area contributed by atoms with E-state index >= 15 is 0 Å². The zero-order valence-corrected chi connectivity index (χ0v) is 16.1. The van der Waals surface area contributed by atoms with E-state index in [2.05, 4.69) is 11.8 Å². The summed E-state index contributed by atoms with van der Waals surface area (Å²) in [6, 6.07) is 7.02. The number of furan rings is 1. The maximum Gasteiger partial charge on any atom is 0.257 e. The molecular formula is C22H27FN2O2. The molecule has 0 spiro atoms. The third-order valence-electron chi connectivity index (χ3n) is 5.88. The summed E-state index contributed by atoms with van der Waals surface area (Å²) < 4.78 is 19.5. The lowest BCUT2D eigenvalue weighted by molar-refractivity contribution is 0.0631. The van der Waals surface area contributed by atoms with E-state index in [0.29, 0.717) is 13.1 Å². The third kappa shape index (κ3) is 3.65. The molecule has 1 atom stereocenters. The van der Waals surface area contributed by atoms with Gasteiger partial charge in [-0.3, -0.25) is 9.69 Å². The third-order valence-corrected chi connectivity index (χ3v) is 5.88. The van der Waals surface area contributed by atoms with Crippen molar-refractivity contribution >= 4 is 5.91 Å². The fourth-order valence-corrected chi connectivity index (χ4v) is 4.43. The number of halogens is 1. The highest BCUT2D eigenvalue weighted by Crippen LogP contribution is 2.31. The minimum Gasteiger partial charge on any atom is -0.465 e. The number of nitrogens with zero attached hydrogens (tertiary/aromatic N) is 2. The Morgan fingerprint density at radius 3 is 2.93 bits per heavy atom. The molecule has 1 fully saturated rings. The fourth-order valence-electron chi connectivity index (χ4n) is 4.43. The van der Waals surface area contributed by atoms with Gasteiger partial charge in [-0.05, 0) is 50.8 Å². The van der Waals surface area contributed by atoms with E-state index in [-0.39, 0.29) is 17.8 Å². The molecule has 2 aromatic rings. The van der Waals surface area contributed by atoms with Crippen LogP contribution in [0.1, 0.15) is 59.2 Å². The number of carbonyl (C=O) groups is 1. The highest BCUT2D eigenvalue weighted by Gasteiger charge is 2.32. The SMILES string of the molecule is Cc1oc2c(c1C(=O)N1CCCC[C@H]1C)CN(Cc1cccc(F)c1)CC2. The molecule has 0 aliphatic carbocycles. The molecule has 0 radical (unpaired) electrons. The second-order valence-electron chi connectivity index (χ2n) is 7.87. The number of piperidine rings is 1. The molecule has 4 rings (SSSR count). The van der Waals surface area contributed by atoms with Crippen LogP contribution in [0, 0.1) is 12.7 Å². The Bertz CT molecular complexity index is 845. The van der Waals surface area contributed by atoms with E-state index in [4.69, 9.17) is 4.42 Å². The Morgan fingerprint density at radius 2 is 2.15 bits per heavy atom. The highest BCUT2D eigenvalue weighted by molar-refractivity contribution is 5.97. The number of amides is 1. The smallest absolute Gasteiger partial charge is 0.257 e. The first-order valence-corrected chi connectivity index (χ1v) is 9.92. The number of aryl methyl sites for hydroxylation is 1. The summed E-state index contributed by atoms with van der Waals surface area (Å²) in [5.41, 5.74) is 2.73. The van der Waals surface area contributed by atoms with Crippen LogP contribution in [0.2, 0.25) is 0 Å². The molecule has 0 unspecified atom stereocenters. The van der Waals surface area contributed by atoms with Gasteiger partial charge in [0.1, 0.15) is 17.3 Å². The van der Waals surface area contributed by atoms with Crippen molar-refractivity contribution in [1.29, 1.82) is 0 Å². The second-order valence-corrected chi connectivity index (χ2v) is 7.87. The average molecular weight is 370 g/mol. The number of rotatable bonds is 3. The van der Waals surface area contributed by atoms with Crippen LogP contribution in [0.15, 0.2) is 28.7 Å². The molecule has 3 heterocycles. The van der Waals surface area contributed by atoms with Crippen molar-refractivity contribution in [3.05, 3.63) is 58.3 Å². The number of likely N-dealkylation sites (tertiary alicyclic amines) is 1. The van der Waals surface area contributed by atoms with Gasteiger partial charge in [-0.15, -0.1) is 0 Å². The monoisotopic (exact) mass is 370 g/mol. The Labute approximate surface area is 159 Å². The Balaban J connectivity index is 1.56. The molecule has 1 saturated heterocycles. The van der Waals surface area contributed by atoms with Crippen LogP contribution in [0.25, 0.3) is 0 Å². The largest absolute Gasteiger partial charge is 0.465 e. The first-order chi connectivity index (χ1) is 13.0. The van der Waals surface area contributed by atoms with Crippen molar-refractivity contribution in [3.63, 3.8) is 0 Å². The zero-order valence-electron chi connectivity index (χ0n) is 16.1. The van der Waals surface area contributed by atoms with Gasteiger partial charge < -0.3 is 9.32 Å². The summed E-state index contributed by atoms with van der Waals surface area (Å²) in [7, 11) is 0. The van der Waals surface area contributed by atoms with Crippen molar-refractivity contribution < 1.29 is 13.6 Å². The lowest BCUT2D eigenvalue weighted by Crippen LogP contribution is -2.42. The highest BCUT2D eigenvalue weighted by atomic mass is 19.1. The van der Waals surface area contributed by atoms with Crippen molar-refractivity contribution in [2.75, 3.05) is 13.1 Å². The molecule has 1 aromatic heterocycles.